The summed E-state index contributed by atoms with van der Waals surface area (Å²) in [6.07, 6.45) is 5.18. The highest BCUT2D eigenvalue weighted by molar-refractivity contribution is 8.00. The van der Waals surface area contributed by atoms with E-state index < -0.39 is 17.3 Å². The summed E-state index contributed by atoms with van der Waals surface area (Å²) in [4.78, 5) is 39.1. The Bertz CT molecular complexity index is 509. The van der Waals surface area contributed by atoms with Gasteiger partial charge < -0.3 is 9.64 Å². The van der Waals surface area contributed by atoms with Gasteiger partial charge >= 0.3 is 5.97 Å². The zero-order chi connectivity index (χ0) is 15.1. The van der Waals surface area contributed by atoms with Crippen LogP contribution >= 0.6 is 11.8 Å². The van der Waals surface area contributed by atoms with E-state index in [1.54, 1.807) is 12.4 Å². The Hall–Kier alpha value is -1.89. The molecule has 112 valence electrons. The molecule has 1 aliphatic heterocycles. The topological polar surface area (TPSA) is 76.6 Å². The molecule has 21 heavy (non-hydrogen) atoms. The Labute approximate surface area is 126 Å². The van der Waals surface area contributed by atoms with Gasteiger partial charge in [-0.05, 0) is 24.5 Å². The summed E-state index contributed by atoms with van der Waals surface area (Å²) in [5, 5.41) is -0.693. The molecular formula is C14H16N2O4S. The molecule has 1 aliphatic rings. The number of hydrogen-bond acceptors (Lipinski definition) is 6. The van der Waals surface area contributed by atoms with E-state index in [2.05, 4.69) is 4.98 Å². The van der Waals surface area contributed by atoms with E-state index in [1.165, 1.54) is 16.7 Å². The summed E-state index contributed by atoms with van der Waals surface area (Å²) in [5.41, 5.74) is 1.08. The number of thioether (sulfide) groups is 1. The normalized spacial score (nSPS) is 17.5. The van der Waals surface area contributed by atoms with E-state index in [1.807, 2.05) is 12.1 Å². The maximum atomic E-state index is 11.9. The van der Waals surface area contributed by atoms with Crippen molar-refractivity contribution >= 4 is 29.9 Å². The third-order valence-corrected chi connectivity index (χ3v) is 4.23. The van der Waals surface area contributed by atoms with Gasteiger partial charge in [0.05, 0.1) is 6.61 Å². The fraction of sp³-hybridized carbons (Fsp3) is 0.429. The van der Waals surface area contributed by atoms with Gasteiger partial charge in [-0.2, -0.15) is 0 Å². The van der Waals surface area contributed by atoms with Gasteiger partial charge in [0.1, 0.15) is 0 Å². The number of pyridine rings is 1. The molecule has 6 nitrogen and oxygen atoms in total. The molecule has 0 aromatic carbocycles. The van der Waals surface area contributed by atoms with E-state index in [0.29, 0.717) is 18.7 Å². The van der Waals surface area contributed by atoms with Gasteiger partial charge in [-0.25, -0.2) is 4.79 Å². The molecule has 1 amide bonds. The minimum atomic E-state index is -0.693. The van der Waals surface area contributed by atoms with Crippen molar-refractivity contribution in [2.75, 3.05) is 18.9 Å². The maximum Gasteiger partial charge on any atom is 0.339 e. The van der Waals surface area contributed by atoms with Crippen molar-refractivity contribution in [3.8, 4) is 0 Å². The van der Waals surface area contributed by atoms with Crippen LogP contribution in [0.5, 0.6) is 0 Å². The molecule has 1 aromatic rings. The predicted molar refractivity (Wildman–Crippen MR) is 77.5 cm³/mol. The smallest absolute Gasteiger partial charge is 0.339 e. The number of aldehydes is 1. The third kappa shape index (κ3) is 4.29. The lowest BCUT2D eigenvalue weighted by Gasteiger charge is -2.19. The van der Waals surface area contributed by atoms with Crippen molar-refractivity contribution in [1.82, 2.24) is 9.88 Å². The number of esters is 1. The van der Waals surface area contributed by atoms with Crippen LogP contribution in [0.2, 0.25) is 0 Å². The van der Waals surface area contributed by atoms with Crippen molar-refractivity contribution in [3.63, 3.8) is 0 Å². The third-order valence-electron chi connectivity index (χ3n) is 3.05. The average molecular weight is 308 g/mol. The fourth-order valence-electron chi connectivity index (χ4n) is 2.02. The van der Waals surface area contributed by atoms with Gasteiger partial charge in [0.25, 0.3) is 5.91 Å². The lowest BCUT2D eigenvalue weighted by Crippen LogP contribution is -2.40. The predicted octanol–water partition coefficient (Wildman–Crippen LogP) is 0.658. The zero-order valence-corrected chi connectivity index (χ0v) is 12.3. The number of amides is 1. The monoisotopic (exact) mass is 308 g/mol. The van der Waals surface area contributed by atoms with Crippen LogP contribution in [0.1, 0.15) is 12.0 Å². The fourth-order valence-corrected chi connectivity index (χ4v) is 3.14. The number of hydrogen-bond donors (Lipinski definition) is 0. The Kier molecular flexibility index (Phi) is 5.74. The van der Waals surface area contributed by atoms with Crippen molar-refractivity contribution in [3.05, 3.63) is 30.1 Å². The summed E-state index contributed by atoms with van der Waals surface area (Å²) >= 11 is 1.32. The first-order chi connectivity index (χ1) is 10.2. The van der Waals surface area contributed by atoms with E-state index in [0.717, 1.165) is 12.0 Å². The molecule has 0 aliphatic carbocycles. The van der Waals surface area contributed by atoms with Crippen LogP contribution in [0.3, 0.4) is 0 Å². The van der Waals surface area contributed by atoms with Gasteiger partial charge in [0.15, 0.2) is 5.37 Å². The van der Waals surface area contributed by atoms with Crippen molar-refractivity contribution in [1.29, 1.82) is 0 Å². The largest absolute Gasteiger partial charge is 0.464 e. The van der Waals surface area contributed by atoms with E-state index in [4.69, 9.17) is 4.74 Å². The first-order valence-electron chi connectivity index (χ1n) is 6.65. The van der Waals surface area contributed by atoms with E-state index in [-0.39, 0.29) is 12.9 Å². The highest BCUT2D eigenvalue weighted by atomic mass is 32.2. The molecule has 0 N–H and O–H groups in total. The van der Waals surface area contributed by atoms with E-state index in [9.17, 15) is 14.4 Å². The van der Waals surface area contributed by atoms with Crippen LogP contribution in [0, 0.1) is 0 Å². The van der Waals surface area contributed by atoms with Crippen LogP contribution in [0.15, 0.2) is 24.5 Å². The number of aryl methyl sites for hydroxylation is 1. The summed E-state index contributed by atoms with van der Waals surface area (Å²) < 4.78 is 5.18. The standard InChI is InChI=1S/C14H16N2O4S/c17-10-12(18)16-6-8-21-13(16)14(19)20-7-2-4-11-3-1-5-15-9-11/h1,3,5,9-10,13H,2,4,6-8H2. The Balaban J connectivity index is 1.74. The highest BCUT2D eigenvalue weighted by Gasteiger charge is 2.35. The molecule has 2 rings (SSSR count). The Morgan fingerprint density at radius 2 is 2.38 bits per heavy atom. The number of carbonyl (C=O) groups excluding carboxylic acids is 3. The highest BCUT2D eigenvalue weighted by Crippen LogP contribution is 2.24. The van der Waals surface area contributed by atoms with Crippen LogP contribution in [0.4, 0.5) is 0 Å². The molecule has 1 aromatic heterocycles. The molecule has 1 unspecified atom stereocenters. The van der Waals surface area contributed by atoms with Crippen LogP contribution in [-0.4, -0.2) is 52.3 Å². The van der Waals surface area contributed by atoms with Gasteiger partial charge in [-0.3, -0.25) is 14.6 Å². The molecule has 1 saturated heterocycles. The lowest BCUT2D eigenvalue weighted by molar-refractivity contribution is -0.151. The van der Waals surface area contributed by atoms with Gasteiger partial charge in [-0.1, -0.05) is 6.07 Å². The molecule has 1 atom stereocenters. The van der Waals surface area contributed by atoms with Crippen LogP contribution < -0.4 is 0 Å². The molecular weight excluding hydrogens is 292 g/mol. The maximum absolute atomic E-state index is 11.9. The minimum Gasteiger partial charge on any atom is -0.464 e. The second-order valence-electron chi connectivity index (χ2n) is 4.50. The summed E-state index contributed by atoms with van der Waals surface area (Å²) in [6.45, 7) is 0.686. The lowest BCUT2D eigenvalue weighted by atomic mass is 10.2. The zero-order valence-electron chi connectivity index (χ0n) is 11.4. The average Bonchev–Trinajstić information content (AvgIpc) is 3.01. The van der Waals surface area contributed by atoms with Crippen molar-refractivity contribution in [2.45, 2.75) is 18.2 Å². The van der Waals surface area contributed by atoms with Crippen LogP contribution in [0.25, 0.3) is 0 Å². The number of aromatic nitrogens is 1. The molecule has 2 heterocycles. The van der Waals surface area contributed by atoms with Crippen molar-refractivity contribution in [2.24, 2.45) is 0 Å². The summed E-state index contributed by atoms with van der Waals surface area (Å²) in [6, 6.07) is 3.82. The number of ether oxygens (including phenoxy) is 1. The molecule has 0 bridgehead atoms. The summed E-state index contributed by atoms with van der Waals surface area (Å²) in [5.74, 6) is -0.495. The first kappa shape index (κ1) is 15.5. The second kappa shape index (κ2) is 7.78. The van der Waals surface area contributed by atoms with Crippen molar-refractivity contribution < 1.29 is 19.1 Å². The molecule has 1 fully saturated rings. The second-order valence-corrected chi connectivity index (χ2v) is 5.69. The quantitative estimate of drug-likeness (QED) is 0.332. The minimum absolute atomic E-state index is 0.231. The number of carbonyl (C=O) groups is 3. The van der Waals surface area contributed by atoms with E-state index >= 15 is 0 Å². The summed E-state index contributed by atoms with van der Waals surface area (Å²) in [7, 11) is 0. The van der Waals surface area contributed by atoms with Crippen LogP contribution in [-0.2, 0) is 25.5 Å². The Morgan fingerprint density at radius 3 is 3.10 bits per heavy atom. The number of rotatable bonds is 6. The molecule has 7 heteroatoms. The SMILES string of the molecule is O=CC(=O)N1CCSC1C(=O)OCCCc1cccnc1. The van der Waals surface area contributed by atoms with Gasteiger partial charge in [0.2, 0.25) is 6.29 Å². The molecule has 0 spiro atoms. The Morgan fingerprint density at radius 1 is 1.52 bits per heavy atom. The number of nitrogens with zero attached hydrogens (tertiary/aromatic N) is 2. The van der Waals surface area contributed by atoms with Gasteiger partial charge in [-0.15, -0.1) is 11.8 Å². The molecule has 0 saturated carbocycles. The first-order valence-corrected chi connectivity index (χ1v) is 7.70. The molecule has 0 radical (unpaired) electrons. The van der Waals surface area contributed by atoms with Gasteiger partial charge in [0, 0.05) is 24.7 Å².